The van der Waals surface area contributed by atoms with Gasteiger partial charge in [0, 0.05) is 37.3 Å². The number of anilines is 2. The molecule has 0 amide bonds. The molecule has 3 nitrogen and oxygen atoms in total. The molecule has 0 N–H and O–H groups in total. The standard InChI is InChI=1S/C14H18N2OS/c1-15(18-2)14-7-6-13(10-12(14)11-17)16-8-4-3-5-9-16/h4,6-8,10-11H,3,5,9H2,1-2H3. The van der Waals surface area contributed by atoms with Crippen molar-refractivity contribution in [3.8, 4) is 0 Å². The average Bonchev–Trinajstić information content (AvgIpc) is 2.46. The Kier molecular flexibility index (Phi) is 4.31. The maximum absolute atomic E-state index is 11.2. The van der Waals surface area contributed by atoms with Gasteiger partial charge in [0.2, 0.25) is 0 Å². The Morgan fingerprint density at radius 3 is 2.89 bits per heavy atom. The maximum atomic E-state index is 11.2. The normalized spacial score (nSPS) is 14.7. The molecule has 0 radical (unpaired) electrons. The van der Waals surface area contributed by atoms with Gasteiger partial charge in [-0.15, -0.1) is 0 Å². The summed E-state index contributed by atoms with van der Waals surface area (Å²) in [5.41, 5.74) is 2.79. The first-order valence-corrected chi connectivity index (χ1v) is 7.25. The Morgan fingerprint density at radius 1 is 1.44 bits per heavy atom. The highest BCUT2D eigenvalue weighted by Crippen LogP contribution is 2.28. The van der Waals surface area contributed by atoms with Crippen molar-refractivity contribution >= 4 is 29.6 Å². The van der Waals surface area contributed by atoms with Crippen molar-refractivity contribution in [3.05, 3.63) is 36.0 Å². The first kappa shape index (κ1) is 13.0. The number of aldehydes is 1. The Hall–Kier alpha value is -1.42. The molecule has 1 heterocycles. The minimum absolute atomic E-state index is 0.739. The van der Waals surface area contributed by atoms with E-state index in [1.165, 1.54) is 6.42 Å². The van der Waals surface area contributed by atoms with Crippen molar-refractivity contribution in [2.24, 2.45) is 0 Å². The number of allylic oxidation sites excluding steroid dienone is 1. The molecule has 4 heteroatoms. The molecule has 96 valence electrons. The van der Waals surface area contributed by atoms with Gasteiger partial charge in [0.25, 0.3) is 0 Å². The molecule has 0 atom stereocenters. The summed E-state index contributed by atoms with van der Waals surface area (Å²) in [6.07, 6.45) is 9.51. The zero-order valence-electron chi connectivity index (χ0n) is 10.8. The SMILES string of the molecule is CSN(C)c1ccc(N2C=CCCC2)cc1C=O. The Labute approximate surface area is 113 Å². The van der Waals surface area contributed by atoms with E-state index < -0.39 is 0 Å². The van der Waals surface area contributed by atoms with Gasteiger partial charge in [-0.2, -0.15) is 0 Å². The van der Waals surface area contributed by atoms with Crippen LogP contribution in [0.5, 0.6) is 0 Å². The van der Waals surface area contributed by atoms with E-state index in [2.05, 4.69) is 23.2 Å². The largest absolute Gasteiger partial charge is 0.348 e. The second-order valence-corrected chi connectivity index (χ2v) is 5.17. The minimum Gasteiger partial charge on any atom is -0.348 e. The number of carbonyl (C=O) groups is 1. The van der Waals surface area contributed by atoms with E-state index >= 15 is 0 Å². The lowest BCUT2D eigenvalue weighted by molar-refractivity contribution is 0.112. The van der Waals surface area contributed by atoms with E-state index in [4.69, 9.17) is 0 Å². The first-order chi connectivity index (χ1) is 8.76. The van der Waals surface area contributed by atoms with Gasteiger partial charge in [0.15, 0.2) is 6.29 Å². The van der Waals surface area contributed by atoms with Crippen LogP contribution in [0.15, 0.2) is 30.5 Å². The Bertz CT molecular complexity index is 459. The molecule has 2 rings (SSSR count). The molecule has 18 heavy (non-hydrogen) atoms. The monoisotopic (exact) mass is 262 g/mol. The molecule has 0 unspecified atom stereocenters. The van der Waals surface area contributed by atoms with E-state index in [-0.39, 0.29) is 0 Å². The number of rotatable bonds is 4. The number of benzene rings is 1. The van der Waals surface area contributed by atoms with Crippen molar-refractivity contribution in [3.63, 3.8) is 0 Å². The van der Waals surface area contributed by atoms with Crippen LogP contribution in [0.3, 0.4) is 0 Å². The van der Waals surface area contributed by atoms with Crippen LogP contribution in [-0.4, -0.2) is 26.1 Å². The van der Waals surface area contributed by atoms with Crippen LogP contribution in [-0.2, 0) is 0 Å². The average molecular weight is 262 g/mol. The molecule has 0 saturated heterocycles. The van der Waals surface area contributed by atoms with Crippen LogP contribution >= 0.6 is 11.9 Å². The van der Waals surface area contributed by atoms with Gasteiger partial charge in [-0.25, -0.2) is 0 Å². The van der Waals surface area contributed by atoms with Crippen molar-refractivity contribution in [1.29, 1.82) is 0 Å². The fourth-order valence-electron chi connectivity index (χ4n) is 2.07. The van der Waals surface area contributed by atoms with Crippen molar-refractivity contribution in [2.45, 2.75) is 12.8 Å². The summed E-state index contributed by atoms with van der Waals surface area (Å²) >= 11 is 1.60. The van der Waals surface area contributed by atoms with Gasteiger partial charge in [-0.05, 0) is 31.0 Å². The lowest BCUT2D eigenvalue weighted by Crippen LogP contribution is -2.20. The van der Waals surface area contributed by atoms with E-state index in [1.54, 1.807) is 11.9 Å². The first-order valence-electron chi connectivity index (χ1n) is 6.06. The second-order valence-electron chi connectivity index (χ2n) is 4.26. The number of carbonyl (C=O) groups excluding carboxylic acids is 1. The van der Waals surface area contributed by atoms with Gasteiger partial charge in [-0.3, -0.25) is 4.79 Å². The molecule has 0 aliphatic carbocycles. The third kappa shape index (κ3) is 2.70. The highest BCUT2D eigenvalue weighted by Gasteiger charge is 2.11. The van der Waals surface area contributed by atoms with E-state index in [9.17, 15) is 4.79 Å². The third-order valence-corrected chi connectivity index (χ3v) is 3.88. The molecule has 1 aromatic carbocycles. The fraction of sp³-hybridized carbons (Fsp3) is 0.357. The second kappa shape index (κ2) is 5.96. The van der Waals surface area contributed by atoms with E-state index in [0.29, 0.717) is 0 Å². The molecular weight excluding hydrogens is 244 g/mol. The van der Waals surface area contributed by atoms with Gasteiger partial charge < -0.3 is 9.21 Å². The van der Waals surface area contributed by atoms with Gasteiger partial charge in [-0.1, -0.05) is 18.0 Å². The summed E-state index contributed by atoms with van der Waals surface area (Å²) < 4.78 is 2.00. The molecule has 0 saturated carbocycles. The zero-order chi connectivity index (χ0) is 13.0. The minimum atomic E-state index is 0.739. The smallest absolute Gasteiger partial charge is 0.152 e. The zero-order valence-corrected chi connectivity index (χ0v) is 11.6. The van der Waals surface area contributed by atoms with Crippen LogP contribution < -0.4 is 9.21 Å². The molecule has 0 spiro atoms. The summed E-state index contributed by atoms with van der Waals surface area (Å²) in [6.45, 7) is 1.02. The van der Waals surface area contributed by atoms with Crippen LogP contribution in [0, 0.1) is 0 Å². The quantitative estimate of drug-likeness (QED) is 0.613. The van der Waals surface area contributed by atoms with Gasteiger partial charge in [0.1, 0.15) is 0 Å². The third-order valence-electron chi connectivity index (χ3n) is 3.14. The maximum Gasteiger partial charge on any atom is 0.152 e. The van der Waals surface area contributed by atoms with Crippen molar-refractivity contribution in [2.75, 3.05) is 29.1 Å². The molecule has 0 fully saturated rings. The highest BCUT2D eigenvalue weighted by molar-refractivity contribution is 7.99. The lowest BCUT2D eigenvalue weighted by atomic mass is 10.1. The van der Waals surface area contributed by atoms with Crippen LogP contribution in [0.1, 0.15) is 23.2 Å². The Morgan fingerprint density at radius 2 is 2.28 bits per heavy atom. The molecule has 0 bridgehead atoms. The number of nitrogens with zero attached hydrogens (tertiary/aromatic N) is 2. The summed E-state index contributed by atoms with van der Waals surface area (Å²) in [7, 11) is 1.97. The molecular formula is C14H18N2OS. The van der Waals surface area contributed by atoms with Crippen LogP contribution in [0.25, 0.3) is 0 Å². The number of hydrogen-bond acceptors (Lipinski definition) is 4. The van der Waals surface area contributed by atoms with Crippen molar-refractivity contribution in [1.82, 2.24) is 0 Å². The summed E-state index contributed by atoms with van der Waals surface area (Å²) in [5.74, 6) is 0. The van der Waals surface area contributed by atoms with Gasteiger partial charge >= 0.3 is 0 Å². The molecule has 0 aromatic heterocycles. The predicted octanol–water partition coefficient (Wildman–Crippen LogP) is 3.33. The summed E-state index contributed by atoms with van der Waals surface area (Å²) in [4.78, 5) is 13.4. The fourth-order valence-corrected chi connectivity index (χ4v) is 2.43. The summed E-state index contributed by atoms with van der Waals surface area (Å²) in [5, 5.41) is 0. The van der Waals surface area contributed by atoms with E-state index in [1.807, 2.05) is 29.7 Å². The molecule has 1 aromatic rings. The molecule has 1 aliphatic rings. The summed E-state index contributed by atoms with van der Waals surface area (Å²) in [6, 6.07) is 6.05. The highest BCUT2D eigenvalue weighted by atomic mass is 32.2. The Balaban J connectivity index is 2.32. The van der Waals surface area contributed by atoms with Gasteiger partial charge in [0.05, 0.1) is 5.69 Å². The predicted molar refractivity (Wildman–Crippen MR) is 79.5 cm³/mol. The molecule has 1 aliphatic heterocycles. The topological polar surface area (TPSA) is 23.6 Å². The number of hydrogen-bond donors (Lipinski definition) is 0. The lowest BCUT2D eigenvalue weighted by Gasteiger charge is -2.25. The van der Waals surface area contributed by atoms with Crippen molar-refractivity contribution < 1.29 is 4.79 Å². The van der Waals surface area contributed by atoms with Crippen LogP contribution in [0.4, 0.5) is 11.4 Å². The van der Waals surface area contributed by atoms with E-state index in [0.717, 1.165) is 36.2 Å². The van der Waals surface area contributed by atoms with Crippen LogP contribution in [0.2, 0.25) is 0 Å².